The van der Waals surface area contributed by atoms with E-state index in [1.54, 1.807) is 0 Å². The Morgan fingerprint density at radius 2 is 2.24 bits per heavy atom. The Balaban J connectivity index is 1.92. The van der Waals surface area contributed by atoms with Crippen LogP contribution in [0.5, 0.6) is 0 Å². The highest BCUT2D eigenvalue weighted by molar-refractivity contribution is 5.76. The van der Waals surface area contributed by atoms with E-state index in [-0.39, 0.29) is 12.3 Å². The number of carbonyl (C=O) groups excluding carboxylic acids is 1. The normalized spacial score (nSPS) is 27.8. The summed E-state index contributed by atoms with van der Waals surface area (Å²) in [6.07, 6.45) is 5.07. The summed E-state index contributed by atoms with van der Waals surface area (Å²) < 4.78 is 2.06. The van der Waals surface area contributed by atoms with Gasteiger partial charge in [-0.1, -0.05) is 18.6 Å². The first-order valence-electron chi connectivity index (χ1n) is 6.39. The minimum Gasteiger partial charge on any atom is -0.369 e. The first-order chi connectivity index (χ1) is 8.16. The molecule has 0 saturated heterocycles. The quantitative estimate of drug-likeness (QED) is 0.849. The molecule has 2 N–H and O–H groups in total. The summed E-state index contributed by atoms with van der Waals surface area (Å²) in [7, 11) is 0. The number of nitrogens with zero attached hydrogens (tertiary/aromatic N) is 3. The zero-order valence-corrected chi connectivity index (χ0v) is 10.1. The smallest absolute Gasteiger partial charge is 0.223 e. The van der Waals surface area contributed by atoms with Crippen LogP contribution >= 0.6 is 0 Å². The highest BCUT2D eigenvalue weighted by Gasteiger charge is 2.40. The first kappa shape index (κ1) is 10.7. The highest BCUT2D eigenvalue weighted by Crippen LogP contribution is 2.46. The average Bonchev–Trinajstić information content (AvgIpc) is 2.76. The van der Waals surface area contributed by atoms with Gasteiger partial charge >= 0.3 is 0 Å². The number of primary amides is 1. The van der Waals surface area contributed by atoms with Gasteiger partial charge < -0.3 is 5.73 Å². The molecule has 0 spiro atoms. The van der Waals surface area contributed by atoms with Gasteiger partial charge in [0.05, 0.1) is 23.9 Å². The molecule has 1 amide bonds. The maximum absolute atomic E-state index is 11.1. The van der Waals surface area contributed by atoms with Crippen molar-refractivity contribution in [2.45, 2.75) is 51.0 Å². The molecule has 92 valence electrons. The van der Waals surface area contributed by atoms with Gasteiger partial charge in [0.25, 0.3) is 0 Å². The van der Waals surface area contributed by atoms with Gasteiger partial charge in [0.2, 0.25) is 5.91 Å². The molecule has 0 radical (unpaired) electrons. The van der Waals surface area contributed by atoms with Gasteiger partial charge in [-0.25, -0.2) is 4.68 Å². The van der Waals surface area contributed by atoms with Gasteiger partial charge in [-0.05, 0) is 25.2 Å². The summed E-state index contributed by atoms with van der Waals surface area (Å²) in [5.41, 5.74) is 7.26. The molecule has 1 aromatic heterocycles. The van der Waals surface area contributed by atoms with E-state index in [1.807, 2.05) is 0 Å². The van der Waals surface area contributed by atoms with E-state index in [0.717, 1.165) is 5.69 Å². The van der Waals surface area contributed by atoms with E-state index in [1.165, 1.54) is 31.4 Å². The van der Waals surface area contributed by atoms with E-state index in [0.29, 0.717) is 17.9 Å². The molecule has 17 heavy (non-hydrogen) atoms. The molecule has 5 nitrogen and oxygen atoms in total. The Hall–Kier alpha value is -1.39. The van der Waals surface area contributed by atoms with Crippen molar-refractivity contribution in [1.82, 2.24) is 15.0 Å². The Morgan fingerprint density at radius 3 is 2.71 bits per heavy atom. The molecular formula is C12H18N4O. The highest BCUT2D eigenvalue weighted by atomic mass is 16.1. The number of amides is 1. The minimum absolute atomic E-state index is 0.229. The molecule has 2 fully saturated rings. The molecule has 2 aliphatic rings. The molecule has 1 heterocycles. The molecule has 2 atom stereocenters. The number of aromatic nitrogens is 3. The summed E-state index contributed by atoms with van der Waals surface area (Å²) in [4.78, 5) is 11.1. The van der Waals surface area contributed by atoms with E-state index in [4.69, 9.17) is 5.73 Å². The van der Waals surface area contributed by atoms with Crippen LogP contribution in [0.1, 0.15) is 56.0 Å². The van der Waals surface area contributed by atoms with Crippen LogP contribution in [0.25, 0.3) is 0 Å². The summed E-state index contributed by atoms with van der Waals surface area (Å²) in [5, 5.41) is 8.41. The third-order valence-electron chi connectivity index (χ3n) is 4.02. The monoisotopic (exact) mass is 234 g/mol. The van der Waals surface area contributed by atoms with E-state index in [2.05, 4.69) is 21.9 Å². The van der Waals surface area contributed by atoms with Gasteiger partial charge in [0.1, 0.15) is 0 Å². The molecule has 5 heteroatoms. The second-order valence-corrected chi connectivity index (χ2v) is 5.42. The van der Waals surface area contributed by atoms with Crippen molar-refractivity contribution in [2.75, 3.05) is 0 Å². The predicted molar refractivity (Wildman–Crippen MR) is 62.3 cm³/mol. The van der Waals surface area contributed by atoms with Crippen LogP contribution in [-0.4, -0.2) is 20.9 Å². The van der Waals surface area contributed by atoms with Gasteiger partial charge in [0, 0.05) is 5.92 Å². The van der Waals surface area contributed by atoms with E-state index < -0.39 is 0 Å². The number of rotatable bonds is 4. The number of carbonyl (C=O) groups is 1. The lowest BCUT2D eigenvalue weighted by atomic mass is 9.81. The zero-order chi connectivity index (χ0) is 12.0. The van der Waals surface area contributed by atoms with Crippen LogP contribution in [0, 0.1) is 5.92 Å². The lowest BCUT2D eigenvalue weighted by Crippen LogP contribution is -2.20. The third-order valence-corrected chi connectivity index (χ3v) is 4.02. The molecule has 0 bridgehead atoms. The van der Waals surface area contributed by atoms with Crippen molar-refractivity contribution in [3.8, 4) is 0 Å². The third kappa shape index (κ3) is 1.83. The van der Waals surface area contributed by atoms with Gasteiger partial charge in [-0.2, -0.15) is 0 Å². The summed E-state index contributed by atoms with van der Waals surface area (Å²) in [5.74, 6) is 0.922. The van der Waals surface area contributed by atoms with Crippen molar-refractivity contribution >= 4 is 5.91 Å². The maximum Gasteiger partial charge on any atom is 0.223 e. The lowest BCUT2D eigenvalue weighted by Gasteiger charge is -2.26. The van der Waals surface area contributed by atoms with Crippen molar-refractivity contribution in [3.05, 3.63) is 11.4 Å². The second-order valence-electron chi connectivity index (χ2n) is 5.42. The molecule has 2 unspecified atom stereocenters. The standard InChI is InChI=1S/C12H18N4O/c1-7-5-10(7)16-12(8-3-2-4-8)9(14-15-16)6-11(13)17/h7-8,10H,2-6H2,1H3,(H2,13,17). The van der Waals surface area contributed by atoms with Crippen molar-refractivity contribution in [1.29, 1.82) is 0 Å². The fraction of sp³-hybridized carbons (Fsp3) is 0.750. The Labute approximate surface area is 100 Å². The van der Waals surface area contributed by atoms with Crippen molar-refractivity contribution in [2.24, 2.45) is 11.7 Å². The molecule has 3 rings (SSSR count). The van der Waals surface area contributed by atoms with Crippen molar-refractivity contribution < 1.29 is 4.79 Å². The molecule has 0 aromatic carbocycles. The van der Waals surface area contributed by atoms with Gasteiger partial charge in [-0.15, -0.1) is 5.10 Å². The van der Waals surface area contributed by atoms with E-state index >= 15 is 0 Å². The number of hydrogen-bond acceptors (Lipinski definition) is 3. The Kier molecular flexibility index (Phi) is 2.42. The van der Waals surface area contributed by atoms with Crippen LogP contribution in [0.4, 0.5) is 0 Å². The fourth-order valence-electron chi connectivity index (χ4n) is 2.62. The summed E-state index contributed by atoms with van der Waals surface area (Å²) in [6, 6.07) is 0.500. The lowest BCUT2D eigenvalue weighted by molar-refractivity contribution is -0.117. The Bertz CT molecular complexity index is 449. The van der Waals surface area contributed by atoms with Gasteiger partial charge in [-0.3, -0.25) is 4.79 Å². The Morgan fingerprint density at radius 1 is 1.53 bits per heavy atom. The molecule has 2 aliphatic carbocycles. The van der Waals surface area contributed by atoms with Crippen LogP contribution < -0.4 is 5.73 Å². The predicted octanol–water partition coefficient (Wildman–Crippen LogP) is 1.15. The number of nitrogens with two attached hydrogens (primary N) is 1. The summed E-state index contributed by atoms with van der Waals surface area (Å²) >= 11 is 0. The number of hydrogen-bond donors (Lipinski definition) is 1. The summed E-state index contributed by atoms with van der Waals surface area (Å²) in [6.45, 7) is 2.23. The molecular weight excluding hydrogens is 216 g/mol. The first-order valence-corrected chi connectivity index (χ1v) is 6.39. The van der Waals surface area contributed by atoms with Crippen molar-refractivity contribution in [3.63, 3.8) is 0 Å². The zero-order valence-electron chi connectivity index (χ0n) is 10.1. The second kappa shape index (κ2) is 3.82. The largest absolute Gasteiger partial charge is 0.369 e. The molecule has 2 saturated carbocycles. The SMILES string of the molecule is CC1CC1n1nnc(CC(N)=O)c1C1CCC1. The van der Waals surface area contributed by atoms with Crippen LogP contribution in [0.3, 0.4) is 0 Å². The van der Waals surface area contributed by atoms with Crippen LogP contribution in [0.2, 0.25) is 0 Å². The maximum atomic E-state index is 11.1. The van der Waals surface area contributed by atoms with Crippen LogP contribution in [-0.2, 0) is 11.2 Å². The minimum atomic E-state index is -0.318. The molecule has 0 aliphatic heterocycles. The topological polar surface area (TPSA) is 73.8 Å². The van der Waals surface area contributed by atoms with E-state index in [9.17, 15) is 4.79 Å². The van der Waals surface area contributed by atoms with Gasteiger partial charge in [0.15, 0.2) is 0 Å². The molecule has 1 aromatic rings. The fourth-order valence-corrected chi connectivity index (χ4v) is 2.62. The van der Waals surface area contributed by atoms with Crippen LogP contribution in [0.15, 0.2) is 0 Å². The average molecular weight is 234 g/mol.